The summed E-state index contributed by atoms with van der Waals surface area (Å²) in [4.78, 5) is 23.0. The van der Waals surface area contributed by atoms with Crippen LogP contribution < -0.4 is 10.9 Å². The highest BCUT2D eigenvalue weighted by Gasteiger charge is 2.18. The number of fused-ring (bicyclic) bond motifs is 1. The molecular weight excluding hydrogens is 184 g/mol. The fourth-order valence-corrected chi connectivity index (χ4v) is 1.58. The van der Waals surface area contributed by atoms with E-state index in [-0.39, 0.29) is 32.8 Å². The Hall–Kier alpha value is -2.10. The number of rotatable bonds is 0. The largest absolute Gasteiger partial charge is 0.507 e. The maximum absolute atomic E-state index is 11.5. The van der Waals surface area contributed by atoms with E-state index in [4.69, 9.17) is 4.42 Å². The molecule has 1 aromatic carbocycles. The molecule has 14 heavy (non-hydrogen) atoms. The molecule has 1 aliphatic heterocycles. The van der Waals surface area contributed by atoms with Gasteiger partial charge in [-0.3, -0.25) is 9.59 Å². The zero-order valence-corrected chi connectivity index (χ0v) is 6.90. The fraction of sp³-hybridized carbons (Fsp3) is 0. The molecule has 4 heteroatoms. The molecule has 68 valence electrons. The lowest BCUT2D eigenvalue weighted by Gasteiger charge is -1.93. The van der Waals surface area contributed by atoms with E-state index in [1.807, 2.05) is 0 Å². The van der Waals surface area contributed by atoms with E-state index in [1.54, 1.807) is 0 Å². The highest BCUT2D eigenvalue weighted by molar-refractivity contribution is 5.87. The molecule has 0 fully saturated rings. The first kappa shape index (κ1) is 7.32. The molecule has 0 atom stereocenters. The van der Waals surface area contributed by atoms with E-state index >= 15 is 0 Å². The average Bonchev–Trinajstić information content (AvgIpc) is 2.93. The topological polar surface area (TPSA) is 67.5 Å². The summed E-state index contributed by atoms with van der Waals surface area (Å²) in [5.41, 5.74) is -0.546. The molecule has 1 aromatic rings. The standard InChI is InChI=1S/C10H4O4/c11-5-3-1-2-4-6(5)8(13)10-9(14-10)7(4)12/h1-3,11H. The van der Waals surface area contributed by atoms with Crippen molar-refractivity contribution in [2.24, 2.45) is 0 Å². The van der Waals surface area contributed by atoms with Crippen LogP contribution in [-0.4, -0.2) is 5.11 Å². The number of phenols is 1. The Morgan fingerprint density at radius 2 is 1.79 bits per heavy atom. The van der Waals surface area contributed by atoms with Crippen LogP contribution in [0.1, 0.15) is 0 Å². The van der Waals surface area contributed by atoms with E-state index < -0.39 is 5.43 Å². The van der Waals surface area contributed by atoms with E-state index in [2.05, 4.69) is 0 Å². The summed E-state index contributed by atoms with van der Waals surface area (Å²) in [5, 5.41) is 9.69. The van der Waals surface area contributed by atoms with E-state index in [0.29, 0.717) is 0 Å². The van der Waals surface area contributed by atoms with Crippen molar-refractivity contribution >= 4 is 10.8 Å². The van der Waals surface area contributed by atoms with Crippen LogP contribution in [0.25, 0.3) is 10.8 Å². The van der Waals surface area contributed by atoms with Gasteiger partial charge < -0.3 is 9.52 Å². The molecule has 2 aliphatic rings. The van der Waals surface area contributed by atoms with Crippen LogP contribution in [0.15, 0.2) is 32.2 Å². The van der Waals surface area contributed by atoms with Crippen molar-refractivity contribution in [3.8, 4) is 5.75 Å². The first-order chi connectivity index (χ1) is 6.70. The smallest absolute Gasteiger partial charge is 0.236 e. The second-order valence-corrected chi connectivity index (χ2v) is 3.12. The molecular formula is C10H4O4. The lowest BCUT2D eigenvalue weighted by molar-refractivity contribution is 0.481. The molecule has 0 amide bonds. The van der Waals surface area contributed by atoms with Gasteiger partial charge in [0.05, 0.1) is 5.39 Å². The van der Waals surface area contributed by atoms with Crippen LogP contribution in [0.3, 0.4) is 0 Å². The Balaban J connectivity index is 2.85. The summed E-state index contributed by atoms with van der Waals surface area (Å²) in [6, 6.07) is 4.39. The van der Waals surface area contributed by atoms with Crippen molar-refractivity contribution in [3.05, 3.63) is 49.5 Å². The highest BCUT2D eigenvalue weighted by Crippen LogP contribution is 2.19. The molecule has 1 aliphatic carbocycles. The van der Waals surface area contributed by atoms with Crippen molar-refractivity contribution in [3.63, 3.8) is 0 Å². The van der Waals surface area contributed by atoms with Crippen LogP contribution in [0.5, 0.6) is 5.75 Å². The van der Waals surface area contributed by atoms with Gasteiger partial charge >= 0.3 is 0 Å². The fourth-order valence-electron chi connectivity index (χ4n) is 1.58. The van der Waals surface area contributed by atoms with E-state index in [9.17, 15) is 14.7 Å². The minimum absolute atomic E-state index is 0.0498. The Morgan fingerprint density at radius 3 is 2.57 bits per heavy atom. The van der Waals surface area contributed by atoms with Gasteiger partial charge in [0.2, 0.25) is 21.7 Å². The third-order valence-corrected chi connectivity index (χ3v) is 2.30. The molecule has 0 radical (unpaired) electrons. The van der Waals surface area contributed by atoms with Gasteiger partial charge in [0, 0.05) is 5.39 Å². The summed E-state index contributed by atoms with van der Waals surface area (Å²) in [6.07, 6.45) is 0. The molecule has 1 N–H and O–H groups in total. The molecule has 0 aromatic heterocycles. The second kappa shape index (κ2) is 2.04. The summed E-state index contributed by atoms with van der Waals surface area (Å²) in [6.45, 7) is 0. The molecule has 4 nitrogen and oxygen atoms in total. The predicted octanol–water partition coefficient (Wildman–Crippen LogP) is 0.459. The normalized spacial score (nSPS) is 11.7. The molecule has 0 unspecified atom stereocenters. The third kappa shape index (κ3) is 0.682. The summed E-state index contributed by atoms with van der Waals surface area (Å²) < 4.78 is 4.76. The summed E-state index contributed by atoms with van der Waals surface area (Å²) >= 11 is 0. The Morgan fingerprint density at radius 1 is 1.07 bits per heavy atom. The highest BCUT2D eigenvalue weighted by atomic mass is 16.4. The quantitative estimate of drug-likeness (QED) is 0.556. The summed E-state index contributed by atoms with van der Waals surface area (Å²) in [5.74, 6) is -0.178. The molecule has 1 heterocycles. The van der Waals surface area contributed by atoms with Crippen molar-refractivity contribution in [2.45, 2.75) is 0 Å². The van der Waals surface area contributed by atoms with Gasteiger partial charge in [0.15, 0.2) is 0 Å². The maximum atomic E-state index is 11.5. The first-order valence-corrected chi connectivity index (χ1v) is 4.03. The Kier molecular flexibility index (Phi) is 1.06. The summed E-state index contributed by atoms with van der Waals surface area (Å²) in [7, 11) is 0. The number of phenolic OH excluding ortho intramolecular Hbond substituents is 1. The van der Waals surface area contributed by atoms with E-state index in [0.717, 1.165) is 0 Å². The Labute approximate surface area is 76.4 Å². The second-order valence-electron chi connectivity index (χ2n) is 3.12. The van der Waals surface area contributed by atoms with Gasteiger partial charge in [-0.15, -0.1) is 0 Å². The van der Waals surface area contributed by atoms with Crippen molar-refractivity contribution in [1.29, 1.82) is 0 Å². The van der Waals surface area contributed by atoms with Crippen molar-refractivity contribution in [1.82, 2.24) is 0 Å². The molecule has 3 rings (SSSR count). The molecule has 0 saturated heterocycles. The van der Waals surface area contributed by atoms with Crippen LogP contribution in [0, 0.1) is 10.8 Å². The van der Waals surface area contributed by atoms with Crippen LogP contribution in [-0.2, 0) is 0 Å². The zero-order chi connectivity index (χ0) is 9.87. The molecule has 0 spiro atoms. The van der Waals surface area contributed by atoms with Gasteiger partial charge in [0.1, 0.15) is 5.75 Å². The van der Waals surface area contributed by atoms with Gasteiger partial charge in [-0.05, 0) is 12.1 Å². The van der Waals surface area contributed by atoms with Crippen LogP contribution >= 0.6 is 0 Å². The third-order valence-electron chi connectivity index (χ3n) is 2.30. The van der Waals surface area contributed by atoms with Crippen molar-refractivity contribution < 1.29 is 9.52 Å². The number of benzene rings is 1. The monoisotopic (exact) mass is 188 g/mol. The molecule has 0 saturated carbocycles. The predicted molar refractivity (Wildman–Crippen MR) is 48.1 cm³/mol. The van der Waals surface area contributed by atoms with Crippen LogP contribution in [0.4, 0.5) is 0 Å². The minimum atomic E-state index is -0.410. The van der Waals surface area contributed by atoms with Crippen molar-refractivity contribution in [2.75, 3.05) is 0 Å². The Bertz CT molecular complexity index is 771. The maximum Gasteiger partial charge on any atom is 0.236 e. The van der Waals surface area contributed by atoms with Gasteiger partial charge in [-0.2, -0.15) is 0 Å². The average molecular weight is 188 g/mol. The zero-order valence-electron chi connectivity index (χ0n) is 6.90. The first-order valence-electron chi connectivity index (χ1n) is 4.03. The molecule has 0 bridgehead atoms. The number of hydrogen-bond donors (Lipinski definition) is 1. The lowest BCUT2D eigenvalue weighted by Crippen LogP contribution is -2.08. The van der Waals surface area contributed by atoms with Gasteiger partial charge in [-0.1, -0.05) is 6.07 Å². The SMILES string of the molecule is O=c1c2oc=2c(=O)c2c(O)cccc12. The van der Waals surface area contributed by atoms with E-state index in [1.165, 1.54) is 18.2 Å². The van der Waals surface area contributed by atoms with Gasteiger partial charge in [0.25, 0.3) is 0 Å². The lowest BCUT2D eigenvalue weighted by atomic mass is 10.1. The van der Waals surface area contributed by atoms with Crippen LogP contribution in [0.2, 0.25) is 0 Å². The number of aromatic hydroxyl groups is 1. The minimum Gasteiger partial charge on any atom is -0.507 e. The van der Waals surface area contributed by atoms with Gasteiger partial charge in [-0.25, -0.2) is 0 Å². The number of hydrogen-bond acceptors (Lipinski definition) is 4.